The molecule has 0 unspecified atom stereocenters. The van der Waals surface area contributed by atoms with Crippen molar-refractivity contribution in [3.8, 4) is 0 Å². The zero-order chi connectivity index (χ0) is 6.78. The molecule has 1 N–H and O–H groups in total. The topological polar surface area (TPSA) is 29.1 Å². The van der Waals surface area contributed by atoms with Crippen molar-refractivity contribution >= 4 is 10.1 Å². The van der Waals surface area contributed by atoms with Crippen molar-refractivity contribution in [1.82, 2.24) is 4.72 Å². The van der Waals surface area contributed by atoms with Gasteiger partial charge in [0.2, 0.25) is 0 Å². The maximum atomic E-state index is 11.2. The van der Waals surface area contributed by atoms with Crippen molar-refractivity contribution < 1.29 is 4.21 Å². The van der Waals surface area contributed by atoms with Crippen LogP contribution in [0.5, 0.6) is 0 Å². The van der Waals surface area contributed by atoms with Gasteiger partial charge in [-0.1, -0.05) is 24.0 Å². The molecule has 2 nitrogen and oxygen atoms in total. The molecule has 0 aromatic rings. The lowest BCUT2D eigenvalue weighted by Gasteiger charge is -2.21. The Morgan fingerprint density at radius 3 is 1.88 bits per heavy atom. The Hall–Kier alpha value is 0.110. The summed E-state index contributed by atoms with van der Waals surface area (Å²) in [5.74, 6) is 0. The second kappa shape index (κ2) is 2.60. The van der Waals surface area contributed by atoms with Gasteiger partial charge in [0.05, 0.1) is 0 Å². The van der Waals surface area contributed by atoms with E-state index in [2.05, 4.69) is 4.72 Å². The number of thiol groups is 1. The van der Waals surface area contributed by atoms with Gasteiger partial charge >= 0.3 is 0 Å². The smallest absolute Gasteiger partial charge is 0.0182 e. The third kappa shape index (κ3) is 1.92. The average molecular weight is 137 g/mol. The molecule has 0 aromatic heterocycles. The van der Waals surface area contributed by atoms with E-state index in [4.69, 9.17) is 0 Å². The molecule has 52 valence electrons. The van der Waals surface area contributed by atoms with E-state index in [-0.39, 0.29) is 5.25 Å². The van der Waals surface area contributed by atoms with Gasteiger partial charge in [-0.05, 0) is 7.05 Å². The molecule has 0 bridgehead atoms. The minimum atomic E-state index is -2.00. The molecule has 8 heavy (non-hydrogen) atoms. The Labute approximate surface area is 52.2 Å². The van der Waals surface area contributed by atoms with Crippen molar-refractivity contribution in [1.29, 1.82) is 0 Å². The van der Waals surface area contributed by atoms with Crippen LogP contribution >= 0.6 is 0 Å². The molecule has 0 spiro atoms. The predicted molar refractivity (Wildman–Crippen MR) is 39.7 cm³/mol. The Morgan fingerprint density at radius 2 is 1.88 bits per heavy atom. The van der Waals surface area contributed by atoms with Crippen molar-refractivity contribution in [3.05, 3.63) is 0 Å². The highest BCUT2D eigenvalue weighted by atomic mass is 32.3. The standard InChI is InChI=1S/C5H15NOS/c1-5(2)8(4,7)6-3/h5,8H,1-4H3,(H,6,7). The van der Waals surface area contributed by atoms with E-state index in [1.807, 2.05) is 13.8 Å². The van der Waals surface area contributed by atoms with E-state index >= 15 is 0 Å². The van der Waals surface area contributed by atoms with E-state index in [1.165, 1.54) is 0 Å². The van der Waals surface area contributed by atoms with Gasteiger partial charge in [0.15, 0.2) is 0 Å². The summed E-state index contributed by atoms with van der Waals surface area (Å²) in [5.41, 5.74) is 0. The molecule has 0 saturated carbocycles. The molecule has 0 atom stereocenters. The lowest BCUT2D eigenvalue weighted by Crippen LogP contribution is -2.34. The normalized spacial score (nSPS) is 14.6. The van der Waals surface area contributed by atoms with Gasteiger partial charge in [0.1, 0.15) is 0 Å². The molecule has 0 heterocycles. The number of hydrogen-bond acceptors (Lipinski definition) is 1. The summed E-state index contributed by atoms with van der Waals surface area (Å²) in [6.07, 6.45) is 1.76. The summed E-state index contributed by atoms with van der Waals surface area (Å²) in [6.45, 7) is 3.91. The summed E-state index contributed by atoms with van der Waals surface area (Å²) in [5, 5.41) is 0.257. The molecule has 3 heteroatoms. The van der Waals surface area contributed by atoms with Crippen LogP contribution in [0.3, 0.4) is 0 Å². The predicted octanol–water partition coefficient (Wildman–Crippen LogP) is 0.176. The molecule has 0 rings (SSSR count). The molecule has 0 fully saturated rings. The first kappa shape index (κ1) is 8.11. The lowest BCUT2D eigenvalue weighted by molar-refractivity contribution is 0.660. The third-order valence-electron chi connectivity index (χ3n) is 1.43. The molecule has 0 aliphatic carbocycles. The third-order valence-corrected chi connectivity index (χ3v) is 4.29. The van der Waals surface area contributed by atoms with Crippen LogP contribution in [0.4, 0.5) is 0 Å². The molecule has 0 amide bonds. The van der Waals surface area contributed by atoms with E-state index in [1.54, 1.807) is 13.3 Å². The summed E-state index contributed by atoms with van der Waals surface area (Å²) >= 11 is 0. The maximum Gasteiger partial charge on any atom is 0.0182 e. The minimum Gasteiger partial charge on any atom is -0.271 e. The highest BCUT2D eigenvalue weighted by Crippen LogP contribution is 2.00. The SMILES string of the molecule is CN[SH](C)(=O)C(C)C. The number of hydrogen-bond donors (Lipinski definition) is 2. The van der Waals surface area contributed by atoms with Gasteiger partial charge in [-0.3, -0.25) is 8.93 Å². The zero-order valence-corrected chi connectivity index (χ0v) is 6.83. The van der Waals surface area contributed by atoms with Crippen LogP contribution in [0.2, 0.25) is 0 Å². The van der Waals surface area contributed by atoms with Crippen molar-refractivity contribution in [2.24, 2.45) is 0 Å². The Bertz CT molecular complexity index is 111. The molecular formula is C5H15NOS. The maximum absolute atomic E-state index is 11.2. The fraction of sp³-hybridized carbons (Fsp3) is 1.00. The number of nitrogens with one attached hydrogen (secondary N) is 1. The van der Waals surface area contributed by atoms with E-state index in [0.29, 0.717) is 0 Å². The quantitative estimate of drug-likeness (QED) is 0.522. The van der Waals surface area contributed by atoms with Crippen molar-refractivity contribution in [3.63, 3.8) is 0 Å². The first-order chi connectivity index (χ1) is 3.50. The fourth-order valence-electron chi connectivity index (χ4n) is 0.258. The van der Waals surface area contributed by atoms with E-state index in [9.17, 15) is 4.21 Å². The van der Waals surface area contributed by atoms with Crippen LogP contribution in [0.25, 0.3) is 0 Å². The van der Waals surface area contributed by atoms with Crippen LogP contribution in [0, 0.1) is 0 Å². The van der Waals surface area contributed by atoms with Crippen LogP contribution < -0.4 is 4.72 Å². The molecule has 0 radical (unpaired) electrons. The second-order valence-electron chi connectivity index (χ2n) is 2.31. The molecule has 0 saturated heterocycles. The van der Waals surface area contributed by atoms with Gasteiger partial charge in [-0.15, -0.1) is 0 Å². The van der Waals surface area contributed by atoms with E-state index < -0.39 is 10.1 Å². The Kier molecular flexibility index (Phi) is 2.63. The summed E-state index contributed by atoms with van der Waals surface area (Å²) in [6, 6.07) is 0. The van der Waals surface area contributed by atoms with E-state index in [0.717, 1.165) is 0 Å². The molecule has 0 aliphatic heterocycles. The zero-order valence-electron chi connectivity index (χ0n) is 5.93. The summed E-state index contributed by atoms with van der Waals surface area (Å²) in [7, 11) is -0.258. The lowest BCUT2D eigenvalue weighted by atomic mass is 10.6. The molecule has 0 aliphatic rings. The van der Waals surface area contributed by atoms with Crippen LogP contribution in [0.1, 0.15) is 13.8 Å². The molecular weight excluding hydrogens is 122 g/mol. The van der Waals surface area contributed by atoms with Crippen LogP contribution in [-0.4, -0.2) is 22.8 Å². The van der Waals surface area contributed by atoms with Gasteiger partial charge in [0.25, 0.3) is 0 Å². The number of rotatable bonds is 2. The minimum absolute atomic E-state index is 0.257. The molecule has 0 aromatic carbocycles. The summed E-state index contributed by atoms with van der Waals surface area (Å²) in [4.78, 5) is 0. The monoisotopic (exact) mass is 137 g/mol. The van der Waals surface area contributed by atoms with Crippen LogP contribution in [-0.2, 0) is 10.1 Å². The Morgan fingerprint density at radius 1 is 1.50 bits per heavy atom. The summed E-state index contributed by atoms with van der Waals surface area (Å²) < 4.78 is 14.0. The van der Waals surface area contributed by atoms with Crippen molar-refractivity contribution in [2.75, 3.05) is 13.3 Å². The highest BCUT2D eigenvalue weighted by molar-refractivity contribution is 8.01. The van der Waals surface area contributed by atoms with Crippen molar-refractivity contribution in [2.45, 2.75) is 19.1 Å². The first-order valence-corrected chi connectivity index (χ1v) is 4.99. The largest absolute Gasteiger partial charge is 0.271 e. The van der Waals surface area contributed by atoms with Gasteiger partial charge in [-0.2, -0.15) is 0 Å². The Balaban J connectivity index is 3.93. The van der Waals surface area contributed by atoms with Gasteiger partial charge in [-0.25, -0.2) is 0 Å². The fourth-order valence-corrected chi connectivity index (χ4v) is 0.775. The van der Waals surface area contributed by atoms with Gasteiger partial charge in [0, 0.05) is 11.5 Å². The van der Waals surface area contributed by atoms with Gasteiger partial charge < -0.3 is 0 Å². The first-order valence-electron chi connectivity index (χ1n) is 2.77. The average Bonchev–Trinajstić information content (AvgIpc) is 1.67. The van der Waals surface area contributed by atoms with Crippen LogP contribution in [0.15, 0.2) is 0 Å². The second-order valence-corrected chi connectivity index (χ2v) is 5.77. The highest BCUT2D eigenvalue weighted by Gasteiger charge is 2.08.